The van der Waals surface area contributed by atoms with Crippen LogP contribution in [0.1, 0.15) is 40.3 Å². The van der Waals surface area contributed by atoms with Gasteiger partial charge in [0.25, 0.3) is 5.91 Å². The highest BCUT2D eigenvalue weighted by Crippen LogP contribution is 2.37. The summed E-state index contributed by atoms with van der Waals surface area (Å²) in [7, 11) is -3.63. The molecule has 0 unspecified atom stereocenters. The second kappa shape index (κ2) is 7.39. The van der Waals surface area contributed by atoms with Gasteiger partial charge in [-0.3, -0.25) is 9.59 Å². The SMILES string of the molecule is [2H]C([2H])([2H])NC(=O)c1nnc(NC(=O)C2CC2)cc1Nc1ncccc1S(=O)(=O)C1CC1. The van der Waals surface area contributed by atoms with Gasteiger partial charge in [0, 0.05) is 29.3 Å². The summed E-state index contributed by atoms with van der Waals surface area (Å²) in [5.41, 5.74) is -0.454. The molecule has 0 atom stereocenters. The van der Waals surface area contributed by atoms with E-state index in [9.17, 15) is 18.0 Å². The van der Waals surface area contributed by atoms with E-state index in [0.29, 0.717) is 12.8 Å². The number of hydrogen-bond donors (Lipinski definition) is 3. The van der Waals surface area contributed by atoms with E-state index >= 15 is 0 Å². The van der Waals surface area contributed by atoms with Crippen LogP contribution in [0.2, 0.25) is 0 Å². The summed E-state index contributed by atoms with van der Waals surface area (Å²) in [4.78, 5) is 28.6. The normalized spacial score (nSPS) is 18.1. The summed E-state index contributed by atoms with van der Waals surface area (Å²) < 4.78 is 47.3. The molecule has 3 N–H and O–H groups in total. The van der Waals surface area contributed by atoms with Crippen LogP contribution in [0, 0.1) is 5.92 Å². The van der Waals surface area contributed by atoms with E-state index in [0.717, 1.165) is 12.8 Å². The predicted octanol–water partition coefficient (Wildman–Crippen LogP) is 1.26. The Balaban J connectivity index is 1.70. The number of carbonyl (C=O) groups excluding carboxylic acids is 2. The first-order chi connectivity index (χ1) is 15.0. The molecule has 0 aromatic carbocycles. The standard InChI is InChI=1S/C18H20N6O4S/c1-19-18(26)15-12(9-14(23-24-15)22-17(25)10-4-5-10)21-16-13(3-2-8-20-16)29(27,28)11-6-7-11/h2-3,8-11H,4-7H2,1H3,(H,19,26)(H2,20,21,22,23,25)/i1D3. The molecule has 2 aliphatic carbocycles. The zero-order valence-corrected chi connectivity index (χ0v) is 16.0. The van der Waals surface area contributed by atoms with Crippen LogP contribution in [0.5, 0.6) is 0 Å². The average Bonchev–Trinajstić information content (AvgIpc) is 3.60. The number of nitrogens with one attached hydrogen (secondary N) is 3. The quantitative estimate of drug-likeness (QED) is 0.609. The molecule has 2 aromatic rings. The first-order valence-electron chi connectivity index (χ1n) is 10.5. The molecule has 2 aromatic heterocycles. The number of sulfone groups is 1. The highest BCUT2D eigenvalue weighted by atomic mass is 32.2. The van der Waals surface area contributed by atoms with Crippen LogP contribution in [0.3, 0.4) is 0 Å². The number of hydrogen-bond acceptors (Lipinski definition) is 8. The summed E-state index contributed by atoms with van der Waals surface area (Å²) in [6.45, 7) is -2.78. The van der Waals surface area contributed by atoms with E-state index in [1.54, 1.807) is 0 Å². The number of pyridine rings is 1. The van der Waals surface area contributed by atoms with Crippen LogP contribution in [-0.2, 0) is 14.6 Å². The Bertz CT molecular complexity index is 1180. The number of rotatable bonds is 7. The monoisotopic (exact) mass is 419 g/mol. The van der Waals surface area contributed by atoms with Gasteiger partial charge >= 0.3 is 0 Å². The third-order valence-electron chi connectivity index (χ3n) is 4.62. The van der Waals surface area contributed by atoms with E-state index in [1.807, 2.05) is 5.32 Å². The van der Waals surface area contributed by atoms with Gasteiger partial charge in [0.1, 0.15) is 10.7 Å². The lowest BCUT2D eigenvalue weighted by molar-refractivity contribution is -0.117. The highest BCUT2D eigenvalue weighted by molar-refractivity contribution is 7.92. The molecule has 0 aliphatic heterocycles. The van der Waals surface area contributed by atoms with Crippen molar-refractivity contribution < 1.29 is 22.1 Å². The maximum absolute atomic E-state index is 12.8. The van der Waals surface area contributed by atoms with E-state index in [1.165, 1.54) is 24.4 Å². The van der Waals surface area contributed by atoms with Crippen LogP contribution in [0.25, 0.3) is 0 Å². The lowest BCUT2D eigenvalue weighted by atomic mass is 10.2. The fourth-order valence-electron chi connectivity index (χ4n) is 2.75. The van der Waals surface area contributed by atoms with Crippen molar-refractivity contribution in [3.63, 3.8) is 0 Å². The van der Waals surface area contributed by atoms with E-state index in [-0.39, 0.29) is 34.0 Å². The summed E-state index contributed by atoms with van der Waals surface area (Å²) in [5, 5.41) is 14.2. The molecule has 152 valence electrons. The van der Waals surface area contributed by atoms with Crippen molar-refractivity contribution in [3.8, 4) is 0 Å². The van der Waals surface area contributed by atoms with Gasteiger partial charge in [-0.15, -0.1) is 10.2 Å². The van der Waals surface area contributed by atoms with Crippen molar-refractivity contribution in [1.82, 2.24) is 20.5 Å². The van der Waals surface area contributed by atoms with Gasteiger partial charge in [-0.2, -0.15) is 0 Å². The molecule has 10 nitrogen and oxygen atoms in total. The molecular formula is C18H20N6O4S. The molecule has 0 radical (unpaired) electrons. The lowest BCUT2D eigenvalue weighted by Gasteiger charge is -2.14. The Hall–Kier alpha value is -3.08. The predicted molar refractivity (Wildman–Crippen MR) is 105 cm³/mol. The van der Waals surface area contributed by atoms with Crippen molar-refractivity contribution >= 4 is 39.0 Å². The Morgan fingerprint density at radius 1 is 1.21 bits per heavy atom. The highest BCUT2D eigenvalue weighted by Gasteiger charge is 2.38. The van der Waals surface area contributed by atoms with Crippen LogP contribution in [0.4, 0.5) is 17.3 Å². The molecule has 2 aliphatic rings. The Morgan fingerprint density at radius 2 is 2.00 bits per heavy atom. The summed E-state index contributed by atoms with van der Waals surface area (Å²) >= 11 is 0. The maximum atomic E-state index is 12.8. The zero-order valence-electron chi connectivity index (χ0n) is 18.2. The van der Waals surface area contributed by atoms with Crippen LogP contribution >= 0.6 is 0 Å². The first kappa shape index (κ1) is 15.8. The number of carbonyl (C=O) groups is 2. The first-order valence-corrected chi connectivity index (χ1v) is 10.6. The zero-order chi connectivity index (χ0) is 23.1. The lowest BCUT2D eigenvalue weighted by Crippen LogP contribution is -2.23. The smallest absolute Gasteiger partial charge is 0.273 e. The molecule has 11 heteroatoms. The second-order valence-electron chi connectivity index (χ2n) is 6.93. The van der Waals surface area contributed by atoms with Gasteiger partial charge in [0.15, 0.2) is 21.3 Å². The fraction of sp³-hybridized carbons (Fsp3) is 0.389. The van der Waals surface area contributed by atoms with Crippen molar-refractivity contribution in [2.75, 3.05) is 17.6 Å². The van der Waals surface area contributed by atoms with Crippen molar-refractivity contribution in [2.45, 2.75) is 35.8 Å². The molecule has 0 spiro atoms. The van der Waals surface area contributed by atoms with Gasteiger partial charge in [0.05, 0.1) is 10.9 Å². The molecule has 29 heavy (non-hydrogen) atoms. The number of anilines is 3. The van der Waals surface area contributed by atoms with Crippen LogP contribution in [-0.4, -0.2) is 47.6 Å². The summed E-state index contributed by atoms with van der Waals surface area (Å²) in [5.74, 6) is -1.44. The average molecular weight is 419 g/mol. The Kier molecular flexibility index (Phi) is 4.03. The van der Waals surface area contributed by atoms with Gasteiger partial charge in [-0.25, -0.2) is 13.4 Å². The van der Waals surface area contributed by atoms with Crippen molar-refractivity contribution in [3.05, 3.63) is 30.1 Å². The van der Waals surface area contributed by atoms with Gasteiger partial charge in [-0.05, 0) is 37.8 Å². The van der Waals surface area contributed by atoms with E-state index < -0.39 is 33.7 Å². The van der Waals surface area contributed by atoms with Gasteiger partial charge < -0.3 is 16.0 Å². The molecule has 0 bridgehead atoms. The number of aromatic nitrogens is 3. The van der Waals surface area contributed by atoms with E-state index in [4.69, 9.17) is 4.11 Å². The van der Waals surface area contributed by atoms with Crippen molar-refractivity contribution in [2.24, 2.45) is 5.92 Å². The van der Waals surface area contributed by atoms with E-state index in [2.05, 4.69) is 25.8 Å². The Morgan fingerprint density at radius 3 is 2.69 bits per heavy atom. The van der Waals surface area contributed by atoms with Crippen LogP contribution in [0.15, 0.2) is 29.3 Å². The van der Waals surface area contributed by atoms with Crippen molar-refractivity contribution in [1.29, 1.82) is 0 Å². The molecule has 2 fully saturated rings. The summed E-state index contributed by atoms with van der Waals surface area (Å²) in [6.07, 6.45) is 4.01. The van der Waals surface area contributed by atoms with Gasteiger partial charge in [0.2, 0.25) is 5.91 Å². The molecular weight excluding hydrogens is 396 g/mol. The molecule has 2 amide bonds. The molecule has 0 saturated heterocycles. The molecule has 2 heterocycles. The number of nitrogens with zero attached hydrogens (tertiary/aromatic N) is 3. The third-order valence-corrected chi connectivity index (χ3v) is 6.91. The summed E-state index contributed by atoms with van der Waals surface area (Å²) in [6, 6.07) is 4.16. The molecule has 4 rings (SSSR count). The third kappa shape index (κ3) is 4.04. The Labute approximate surface area is 171 Å². The number of amides is 2. The minimum absolute atomic E-state index is 0.0253. The topological polar surface area (TPSA) is 143 Å². The second-order valence-corrected chi connectivity index (χ2v) is 9.13. The maximum Gasteiger partial charge on any atom is 0.273 e. The largest absolute Gasteiger partial charge is 0.354 e. The minimum atomic E-state index is -3.63. The fourth-order valence-corrected chi connectivity index (χ4v) is 4.51. The minimum Gasteiger partial charge on any atom is -0.354 e. The molecule has 2 saturated carbocycles. The van der Waals surface area contributed by atoms with Gasteiger partial charge in [-0.1, -0.05) is 0 Å². The van der Waals surface area contributed by atoms with Crippen LogP contribution < -0.4 is 16.0 Å².